The van der Waals surface area contributed by atoms with Crippen LogP contribution in [0.2, 0.25) is 0 Å². The fraction of sp³-hybridized carbons (Fsp3) is 0.556. The van der Waals surface area contributed by atoms with E-state index in [-0.39, 0.29) is 17.8 Å². The van der Waals surface area contributed by atoms with Crippen LogP contribution >= 0.6 is 0 Å². The number of piperazine rings is 1. The van der Waals surface area contributed by atoms with Gasteiger partial charge in [-0.3, -0.25) is 15.0 Å². The molecule has 3 rings (SSSR count). The van der Waals surface area contributed by atoms with Gasteiger partial charge in [-0.2, -0.15) is 0 Å². The number of benzene rings is 1. The molecule has 0 atom stereocenters. The van der Waals surface area contributed by atoms with Crippen molar-refractivity contribution in [2.75, 3.05) is 32.8 Å². The highest BCUT2D eigenvalue weighted by molar-refractivity contribution is 5.79. The molecule has 0 spiro atoms. The summed E-state index contributed by atoms with van der Waals surface area (Å²) in [5.41, 5.74) is 1.58. The maximum absolute atomic E-state index is 11.8. The van der Waals surface area contributed by atoms with Crippen molar-refractivity contribution in [3.05, 3.63) is 34.1 Å². The summed E-state index contributed by atoms with van der Waals surface area (Å²) in [7, 11) is 0. The fourth-order valence-corrected chi connectivity index (χ4v) is 3.44. The van der Waals surface area contributed by atoms with Crippen LogP contribution in [0.1, 0.15) is 32.6 Å². The van der Waals surface area contributed by atoms with Gasteiger partial charge in [0.15, 0.2) is 0 Å². The normalized spacial score (nSPS) is 15.5. The minimum atomic E-state index is -0.401. The summed E-state index contributed by atoms with van der Waals surface area (Å²) in [5, 5.41) is 11.0. The van der Waals surface area contributed by atoms with E-state index in [2.05, 4.69) is 28.3 Å². The minimum Gasteiger partial charge on any atom is -0.450 e. The van der Waals surface area contributed by atoms with Gasteiger partial charge in [0.2, 0.25) is 0 Å². The highest BCUT2D eigenvalue weighted by Gasteiger charge is 2.24. The number of amides is 1. The molecule has 0 saturated carbocycles. The van der Waals surface area contributed by atoms with Crippen LogP contribution < -0.4 is 0 Å². The molecule has 0 unspecified atom stereocenters. The number of hydrogen-bond acceptors (Lipinski definition) is 6. The SMILES string of the molecule is CCOC(=O)N1CCN(Cc2nc3cc([N+](=O)[O-])ccc3n2C(C)C)CC1. The summed E-state index contributed by atoms with van der Waals surface area (Å²) in [6.07, 6.45) is -0.265. The van der Waals surface area contributed by atoms with E-state index in [4.69, 9.17) is 4.74 Å². The first-order valence-corrected chi connectivity index (χ1v) is 9.20. The van der Waals surface area contributed by atoms with E-state index in [1.54, 1.807) is 17.9 Å². The maximum Gasteiger partial charge on any atom is 0.409 e. The van der Waals surface area contributed by atoms with Gasteiger partial charge < -0.3 is 14.2 Å². The fourth-order valence-electron chi connectivity index (χ4n) is 3.44. The lowest BCUT2D eigenvalue weighted by molar-refractivity contribution is -0.384. The summed E-state index contributed by atoms with van der Waals surface area (Å²) in [6, 6.07) is 5.00. The topological polar surface area (TPSA) is 93.7 Å². The first-order chi connectivity index (χ1) is 12.9. The molecule has 1 aliphatic rings. The van der Waals surface area contributed by atoms with Crippen molar-refractivity contribution in [1.29, 1.82) is 0 Å². The Morgan fingerprint density at radius 3 is 2.59 bits per heavy atom. The van der Waals surface area contributed by atoms with Crippen LogP contribution in [0.15, 0.2) is 18.2 Å². The number of fused-ring (bicyclic) bond motifs is 1. The zero-order valence-electron chi connectivity index (χ0n) is 15.9. The standard InChI is InChI=1S/C18H25N5O4/c1-4-27-18(24)21-9-7-20(8-10-21)12-17-19-15-11-14(23(25)26)5-6-16(15)22(17)13(2)3/h5-6,11,13H,4,7-10,12H2,1-3H3. The lowest BCUT2D eigenvalue weighted by Crippen LogP contribution is -2.48. The monoisotopic (exact) mass is 375 g/mol. The summed E-state index contributed by atoms with van der Waals surface area (Å²) in [5.74, 6) is 0.880. The Bertz CT molecular complexity index is 840. The smallest absolute Gasteiger partial charge is 0.409 e. The molecule has 0 N–H and O–H groups in total. The van der Waals surface area contributed by atoms with Gasteiger partial charge in [-0.25, -0.2) is 9.78 Å². The molecule has 1 amide bonds. The highest BCUT2D eigenvalue weighted by Crippen LogP contribution is 2.26. The van der Waals surface area contributed by atoms with E-state index in [1.807, 2.05) is 0 Å². The number of carbonyl (C=O) groups excluding carboxylic acids is 1. The van der Waals surface area contributed by atoms with E-state index >= 15 is 0 Å². The second kappa shape index (κ2) is 7.91. The van der Waals surface area contributed by atoms with Crippen molar-refractivity contribution in [2.45, 2.75) is 33.4 Å². The molecule has 9 nitrogen and oxygen atoms in total. The largest absolute Gasteiger partial charge is 0.450 e. The lowest BCUT2D eigenvalue weighted by Gasteiger charge is -2.34. The van der Waals surface area contributed by atoms with Gasteiger partial charge in [0.25, 0.3) is 5.69 Å². The molecule has 1 fully saturated rings. The molecule has 0 bridgehead atoms. The third kappa shape index (κ3) is 4.02. The maximum atomic E-state index is 11.8. The predicted molar refractivity (Wildman–Crippen MR) is 101 cm³/mol. The number of rotatable bonds is 5. The molecule has 1 aromatic carbocycles. The van der Waals surface area contributed by atoms with Crippen LogP contribution in [0.5, 0.6) is 0 Å². The summed E-state index contributed by atoms with van der Waals surface area (Å²) in [6.45, 7) is 9.67. The Balaban J connectivity index is 1.77. The van der Waals surface area contributed by atoms with E-state index in [0.717, 1.165) is 24.4 Å². The zero-order valence-corrected chi connectivity index (χ0v) is 15.9. The van der Waals surface area contributed by atoms with Crippen molar-refractivity contribution in [3.8, 4) is 0 Å². The Morgan fingerprint density at radius 2 is 2.00 bits per heavy atom. The first-order valence-electron chi connectivity index (χ1n) is 9.20. The van der Waals surface area contributed by atoms with Gasteiger partial charge in [0.05, 0.1) is 29.1 Å². The number of nitrogens with zero attached hydrogens (tertiary/aromatic N) is 5. The summed E-state index contributed by atoms with van der Waals surface area (Å²) >= 11 is 0. The molecule has 0 aliphatic carbocycles. The average Bonchev–Trinajstić information content (AvgIpc) is 2.99. The number of ether oxygens (including phenoxy) is 1. The van der Waals surface area contributed by atoms with Gasteiger partial charge in [0.1, 0.15) is 5.82 Å². The average molecular weight is 375 g/mol. The van der Waals surface area contributed by atoms with Crippen LogP contribution in [0, 0.1) is 10.1 Å². The molecule has 1 aromatic heterocycles. The number of nitro groups is 1. The zero-order chi connectivity index (χ0) is 19.6. The van der Waals surface area contributed by atoms with Crippen molar-refractivity contribution in [3.63, 3.8) is 0 Å². The molecule has 2 aromatic rings. The minimum absolute atomic E-state index is 0.0468. The molecule has 2 heterocycles. The number of hydrogen-bond donors (Lipinski definition) is 0. The molecular weight excluding hydrogens is 350 g/mol. The Kier molecular flexibility index (Phi) is 5.59. The van der Waals surface area contributed by atoms with Crippen molar-refractivity contribution in [2.24, 2.45) is 0 Å². The second-order valence-corrected chi connectivity index (χ2v) is 6.88. The first kappa shape index (κ1) is 19.1. The van der Waals surface area contributed by atoms with Gasteiger partial charge in [-0.1, -0.05) is 0 Å². The molecule has 27 heavy (non-hydrogen) atoms. The van der Waals surface area contributed by atoms with Crippen LogP contribution in [0.3, 0.4) is 0 Å². The second-order valence-electron chi connectivity index (χ2n) is 6.88. The quantitative estimate of drug-likeness (QED) is 0.589. The predicted octanol–water partition coefficient (Wildman–Crippen LogP) is 2.80. The number of carbonyl (C=O) groups is 1. The third-order valence-electron chi connectivity index (χ3n) is 4.74. The Labute approximate surface area is 157 Å². The highest BCUT2D eigenvalue weighted by atomic mass is 16.6. The third-order valence-corrected chi connectivity index (χ3v) is 4.74. The van der Waals surface area contributed by atoms with E-state index < -0.39 is 4.92 Å². The molecule has 1 saturated heterocycles. The molecular formula is C18H25N5O4. The Hall–Kier alpha value is -2.68. The molecule has 146 valence electrons. The van der Waals surface area contributed by atoms with Gasteiger partial charge in [0, 0.05) is 44.4 Å². The van der Waals surface area contributed by atoms with E-state index in [9.17, 15) is 14.9 Å². The summed E-state index contributed by atoms with van der Waals surface area (Å²) in [4.78, 5) is 31.1. The van der Waals surface area contributed by atoms with Crippen molar-refractivity contribution < 1.29 is 14.5 Å². The van der Waals surface area contributed by atoms with Gasteiger partial charge in [-0.05, 0) is 26.8 Å². The number of nitro benzene ring substituents is 1. The van der Waals surface area contributed by atoms with E-state index in [0.29, 0.717) is 31.8 Å². The summed E-state index contributed by atoms with van der Waals surface area (Å²) < 4.78 is 7.17. The number of aromatic nitrogens is 2. The molecule has 9 heteroatoms. The number of non-ortho nitro benzene ring substituents is 1. The lowest BCUT2D eigenvalue weighted by atomic mass is 10.2. The van der Waals surface area contributed by atoms with Crippen LogP contribution in [-0.2, 0) is 11.3 Å². The van der Waals surface area contributed by atoms with Crippen LogP contribution in [0.4, 0.5) is 10.5 Å². The van der Waals surface area contributed by atoms with Crippen LogP contribution in [-0.4, -0.2) is 63.2 Å². The van der Waals surface area contributed by atoms with Crippen molar-refractivity contribution in [1.82, 2.24) is 19.4 Å². The van der Waals surface area contributed by atoms with Crippen molar-refractivity contribution >= 4 is 22.8 Å². The van der Waals surface area contributed by atoms with Gasteiger partial charge in [-0.15, -0.1) is 0 Å². The van der Waals surface area contributed by atoms with Gasteiger partial charge >= 0.3 is 6.09 Å². The van der Waals surface area contributed by atoms with Crippen LogP contribution in [0.25, 0.3) is 11.0 Å². The Morgan fingerprint density at radius 1 is 1.30 bits per heavy atom. The molecule has 0 radical (unpaired) electrons. The van der Waals surface area contributed by atoms with E-state index in [1.165, 1.54) is 12.1 Å². The molecule has 1 aliphatic heterocycles. The number of imidazole rings is 1.